The summed E-state index contributed by atoms with van der Waals surface area (Å²) < 4.78 is 33.4. The fraction of sp³-hybridized carbons (Fsp3) is 0.111. The predicted octanol–water partition coefficient (Wildman–Crippen LogP) is 5.14. The highest BCUT2D eigenvalue weighted by Crippen LogP contribution is 2.27. The Morgan fingerprint density at radius 3 is 2.44 bits per heavy atom. The van der Waals surface area contributed by atoms with Gasteiger partial charge in [0.05, 0.1) is 16.9 Å². The summed E-state index contributed by atoms with van der Waals surface area (Å²) in [5.41, 5.74) is 2.32. The van der Waals surface area contributed by atoms with Gasteiger partial charge in [0, 0.05) is 30.6 Å². The Bertz CT molecular complexity index is 1620. The van der Waals surface area contributed by atoms with Crippen molar-refractivity contribution >= 4 is 32.0 Å². The number of Topliss-reactive ketones (excluding diaryl/α,β-unsaturated/α-hetero) is 1. The number of nitrogens with zero attached hydrogens (tertiary/aromatic N) is 2. The molecule has 0 bridgehead atoms. The molecule has 3 aromatic carbocycles. The van der Waals surface area contributed by atoms with Gasteiger partial charge in [0.25, 0.3) is 0 Å². The molecule has 0 saturated carbocycles. The topological polar surface area (TPSA) is 77.7 Å². The van der Waals surface area contributed by atoms with Gasteiger partial charge in [-0.2, -0.15) is 0 Å². The van der Waals surface area contributed by atoms with Crippen LogP contribution in [0.2, 0.25) is 0 Å². The van der Waals surface area contributed by atoms with Gasteiger partial charge in [0.1, 0.15) is 11.4 Å². The summed E-state index contributed by atoms with van der Waals surface area (Å²) in [6.45, 7) is 0. The fourth-order valence-corrected chi connectivity index (χ4v) is 5.25. The van der Waals surface area contributed by atoms with Crippen molar-refractivity contribution in [3.8, 4) is 5.75 Å². The highest BCUT2D eigenvalue weighted by Gasteiger charge is 2.18. The van der Waals surface area contributed by atoms with Crippen LogP contribution in [-0.2, 0) is 16.3 Å². The van der Waals surface area contributed by atoms with E-state index in [1.54, 1.807) is 74.2 Å². The van der Waals surface area contributed by atoms with Crippen molar-refractivity contribution in [1.29, 1.82) is 0 Å². The summed E-state index contributed by atoms with van der Waals surface area (Å²) in [4.78, 5) is 17.2. The maximum Gasteiger partial charge on any atom is 0.206 e. The van der Waals surface area contributed by atoms with E-state index in [0.29, 0.717) is 18.4 Å². The number of rotatable bonds is 7. The van der Waals surface area contributed by atoms with E-state index in [2.05, 4.69) is 4.98 Å². The first-order chi connectivity index (χ1) is 16.4. The Hall–Kier alpha value is -3.97. The molecular formula is C27H22N2O4S. The van der Waals surface area contributed by atoms with Crippen molar-refractivity contribution < 1.29 is 17.9 Å². The molecule has 0 aliphatic heterocycles. The van der Waals surface area contributed by atoms with Crippen LogP contribution in [0.4, 0.5) is 0 Å². The van der Waals surface area contributed by atoms with Crippen molar-refractivity contribution in [1.82, 2.24) is 9.38 Å². The maximum atomic E-state index is 13.2. The van der Waals surface area contributed by atoms with E-state index in [4.69, 9.17) is 4.74 Å². The van der Waals surface area contributed by atoms with Gasteiger partial charge in [-0.25, -0.2) is 13.4 Å². The molecule has 2 aromatic heterocycles. The Morgan fingerprint density at radius 2 is 1.65 bits per heavy atom. The zero-order valence-electron chi connectivity index (χ0n) is 18.5. The lowest BCUT2D eigenvalue weighted by molar-refractivity contribution is 0.0982. The number of sulfone groups is 1. The minimum Gasteiger partial charge on any atom is -0.497 e. The van der Waals surface area contributed by atoms with Gasteiger partial charge in [0.2, 0.25) is 9.84 Å². The van der Waals surface area contributed by atoms with E-state index in [0.717, 1.165) is 27.7 Å². The molecule has 0 aliphatic rings. The third-order valence-electron chi connectivity index (χ3n) is 5.91. The van der Waals surface area contributed by atoms with Crippen LogP contribution in [0, 0.1) is 0 Å². The second-order valence-electron chi connectivity index (χ2n) is 8.06. The van der Waals surface area contributed by atoms with E-state index < -0.39 is 9.84 Å². The first-order valence-corrected chi connectivity index (χ1v) is 12.3. The lowest BCUT2D eigenvalue weighted by Gasteiger charge is -2.08. The number of carbonyl (C=O) groups is 1. The molecule has 0 radical (unpaired) electrons. The summed E-state index contributed by atoms with van der Waals surface area (Å²) in [6.07, 6.45) is 6.13. The third-order valence-corrected chi connectivity index (χ3v) is 7.68. The highest BCUT2D eigenvalue weighted by atomic mass is 32.2. The van der Waals surface area contributed by atoms with E-state index >= 15 is 0 Å². The van der Waals surface area contributed by atoms with Crippen LogP contribution in [0.3, 0.4) is 0 Å². The lowest BCUT2D eigenvalue weighted by Crippen LogP contribution is -2.04. The number of hydrogen-bond donors (Lipinski definition) is 0. The normalized spacial score (nSPS) is 11.7. The Morgan fingerprint density at radius 1 is 0.912 bits per heavy atom. The van der Waals surface area contributed by atoms with Crippen LogP contribution < -0.4 is 4.74 Å². The van der Waals surface area contributed by atoms with Gasteiger partial charge in [-0.3, -0.25) is 4.79 Å². The Labute approximate surface area is 197 Å². The van der Waals surface area contributed by atoms with Crippen molar-refractivity contribution in [2.24, 2.45) is 0 Å². The Kier molecular flexibility index (Phi) is 5.63. The Balaban J connectivity index is 1.30. The fourth-order valence-electron chi connectivity index (χ4n) is 3.95. The first kappa shape index (κ1) is 21.9. The van der Waals surface area contributed by atoms with Crippen LogP contribution in [0.5, 0.6) is 5.75 Å². The number of carbonyl (C=O) groups excluding carboxylic acids is 1. The second kappa shape index (κ2) is 8.76. The number of fused-ring (bicyclic) bond motifs is 2. The number of aryl methyl sites for hydroxylation is 1. The van der Waals surface area contributed by atoms with Crippen LogP contribution in [-0.4, -0.2) is 30.7 Å². The molecule has 5 rings (SSSR count). The van der Waals surface area contributed by atoms with Gasteiger partial charge in [-0.15, -0.1) is 0 Å². The number of imidazole rings is 1. The van der Waals surface area contributed by atoms with E-state index in [9.17, 15) is 13.2 Å². The third kappa shape index (κ3) is 4.18. The maximum absolute atomic E-state index is 13.2. The molecule has 2 heterocycles. The quantitative estimate of drug-likeness (QED) is 0.308. The summed E-state index contributed by atoms with van der Waals surface area (Å²) in [7, 11) is -2.06. The number of benzene rings is 3. The van der Waals surface area contributed by atoms with Crippen LogP contribution in [0.25, 0.3) is 16.4 Å². The molecule has 7 heteroatoms. The van der Waals surface area contributed by atoms with E-state index in [1.165, 1.54) is 0 Å². The summed E-state index contributed by atoms with van der Waals surface area (Å²) >= 11 is 0. The van der Waals surface area contributed by atoms with E-state index in [1.807, 2.05) is 28.7 Å². The van der Waals surface area contributed by atoms with Gasteiger partial charge in [-0.05, 0) is 71.3 Å². The molecule has 0 atom stereocenters. The molecule has 0 fully saturated rings. The molecule has 0 spiro atoms. The number of hydrogen-bond acceptors (Lipinski definition) is 5. The number of ketones is 1. The highest BCUT2D eigenvalue weighted by molar-refractivity contribution is 7.91. The largest absolute Gasteiger partial charge is 0.497 e. The predicted molar refractivity (Wildman–Crippen MR) is 130 cm³/mol. The van der Waals surface area contributed by atoms with Crippen LogP contribution in [0.1, 0.15) is 22.3 Å². The average Bonchev–Trinajstić information content (AvgIpc) is 3.35. The van der Waals surface area contributed by atoms with Crippen molar-refractivity contribution in [2.45, 2.75) is 22.6 Å². The minimum absolute atomic E-state index is 0.0279. The molecule has 5 aromatic rings. The molecule has 0 aliphatic carbocycles. The summed E-state index contributed by atoms with van der Waals surface area (Å²) in [5, 5.41) is 1.73. The number of pyridine rings is 1. The lowest BCUT2D eigenvalue weighted by atomic mass is 10.0. The number of methoxy groups -OCH3 is 1. The summed E-state index contributed by atoms with van der Waals surface area (Å²) in [6, 6.07) is 20.9. The van der Waals surface area contributed by atoms with Gasteiger partial charge in [0.15, 0.2) is 5.78 Å². The first-order valence-electron chi connectivity index (χ1n) is 10.8. The standard InChI is InChI=1S/C27H22N2O4S/c1-33-23-8-5-21-17-25(11-6-20(21)16-23)34(31,32)24-9-2-19(3-10-24)4-12-26(30)22-7-13-27-28-14-15-29(27)18-22/h2-3,5-11,13-18H,4,12H2,1H3. The van der Waals surface area contributed by atoms with Crippen molar-refractivity contribution in [3.05, 3.63) is 103 Å². The van der Waals surface area contributed by atoms with Crippen LogP contribution >= 0.6 is 0 Å². The zero-order valence-corrected chi connectivity index (χ0v) is 19.3. The molecule has 0 unspecified atom stereocenters. The zero-order chi connectivity index (χ0) is 23.7. The number of ether oxygens (including phenoxy) is 1. The molecule has 34 heavy (non-hydrogen) atoms. The molecular weight excluding hydrogens is 448 g/mol. The van der Waals surface area contributed by atoms with E-state index in [-0.39, 0.29) is 15.6 Å². The van der Waals surface area contributed by atoms with Crippen molar-refractivity contribution in [2.75, 3.05) is 7.11 Å². The summed E-state index contributed by atoms with van der Waals surface area (Å²) in [5.74, 6) is 0.750. The minimum atomic E-state index is -3.66. The molecule has 0 amide bonds. The monoisotopic (exact) mass is 470 g/mol. The van der Waals surface area contributed by atoms with Gasteiger partial charge in [-0.1, -0.05) is 24.3 Å². The van der Waals surface area contributed by atoms with Crippen LogP contribution in [0.15, 0.2) is 101 Å². The molecule has 0 N–H and O–H groups in total. The van der Waals surface area contributed by atoms with Crippen molar-refractivity contribution in [3.63, 3.8) is 0 Å². The molecule has 0 saturated heterocycles. The number of aromatic nitrogens is 2. The average molecular weight is 471 g/mol. The smallest absolute Gasteiger partial charge is 0.206 e. The molecule has 6 nitrogen and oxygen atoms in total. The second-order valence-corrected chi connectivity index (χ2v) is 10.0. The van der Waals surface area contributed by atoms with Gasteiger partial charge < -0.3 is 9.14 Å². The molecule has 170 valence electrons. The van der Waals surface area contributed by atoms with Gasteiger partial charge >= 0.3 is 0 Å². The SMILES string of the molecule is COc1ccc2cc(S(=O)(=O)c3ccc(CCC(=O)c4ccc5nccn5c4)cc3)ccc2c1.